The summed E-state index contributed by atoms with van der Waals surface area (Å²) in [6.07, 6.45) is 1.46. The van der Waals surface area contributed by atoms with Crippen LogP contribution in [0.5, 0.6) is 0 Å². The van der Waals surface area contributed by atoms with Crippen LogP contribution in [0, 0.1) is 11.3 Å². The van der Waals surface area contributed by atoms with Gasteiger partial charge >= 0.3 is 5.97 Å². The van der Waals surface area contributed by atoms with Crippen LogP contribution in [0.2, 0.25) is 0 Å². The summed E-state index contributed by atoms with van der Waals surface area (Å²) < 4.78 is 5.00. The molecule has 0 spiro atoms. The summed E-state index contributed by atoms with van der Waals surface area (Å²) in [5.41, 5.74) is 6.39. The van der Waals surface area contributed by atoms with Crippen molar-refractivity contribution in [3.8, 4) is 6.07 Å². The summed E-state index contributed by atoms with van der Waals surface area (Å²) in [6, 6.07) is 10.9. The minimum Gasteiger partial charge on any atom is -0.464 e. The quantitative estimate of drug-likeness (QED) is 0.853. The van der Waals surface area contributed by atoms with Gasteiger partial charge in [-0.1, -0.05) is 30.3 Å². The van der Waals surface area contributed by atoms with Gasteiger partial charge in [-0.3, -0.25) is 4.99 Å². The van der Waals surface area contributed by atoms with E-state index in [0.29, 0.717) is 5.71 Å². The number of rotatable bonds is 3. The molecule has 0 aromatic heterocycles. The van der Waals surface area contributed by atoms with E-state index in [4.69, 9.17) is 10.5 Å². The summed E-state index contributed by atoms with van der Waals surface area (Å²) in [5.74, 6) is -0.568. The topological polar surface area (TPSA) is 88.5 Å². The van der Waals surface area contributed by atoms with Crippen LogP contribution in [0.3, 0.4) is 0 Å². The van der Waals surface area contributed by atoms with Crippen molar-refractivity contribution >= 4 is 11.7 Å². The molecule has 0 radical (unpaired) electrons. The molecule has 108 valence electrons. The highest BCUT2D eigenvalue weighted by atomic mass is 16.5. The SMILES string of the molecule is CCOC(=O)C1(N)C=C(C#N)C(c2ccccc2)=NC1C. The normalized spacial score (nSPS) is 24.6. The molecule has 0 amide bonds. The van der Waals surface area contributed by atoms with Crippen molar-refractivity contribution in [2.45, 2.75) is 25.4 Å². The zero-order chi connectivity index (χ0) is 15.5. The van der Waals surface area contributed by atoms with E-state index in [1.54, 1.807) is 13.8 Å². The summed E-state index contributed by atoms with van der Waals surface area (Å²) in [7, 11) is 0. The van der Waals surface area contributed by atoms with Crippen molar-refractivity contribution in [2.24, 2.45) is 10.7 Å². The number of benzene rings is 1. The minimum absolute atomic E-state index is 0.232. The van der Waals surface area contributed by atoms with Crippen molar-refractivity contribution in [1.29, 1.82) is 5.26 Å². The number of carbonyl (C=O) groups excluding carboxylic acids is 1. The van der Waals surface area contributed by atoms with E-state index in [2.05, 4.69) is 11.1 Å². The lowest BCUT2D eigenvalue weighted by Gasteiger charge is -2.31. The summed E-state index contributed by atoms with van der Waals surface area (Å²) in [6.45, 7) is 3.68. The third-order valence-corrected chi connectivity index (χ3v) is 3.45. The second kappa shape index (κ2) is 5.90. The number of nitrogens with two attached hydrogens (primary N) is 1. The third-order valence-electron chi connectivity index (χ3n) is 3.45. The summed E-state index contributed by atoms with van der Waals surface area (Å²) >= 11 is 0. The zero-order valence-electron chi connectivity index (χ0n) is 12.0. The molecule has 2 rings (SSSR count). The Kier molecular flexibility index (Phi) is 4.20. The van der Waals surface area contributed by atoms with Crippen LogP contribution in [0.25, 0.3) is 0 Å². The molecule has 0 saturated carbocycles. The molecular formula is C16H17N3O2. The molecule has 2 atom stereocenters. The fraction of sp³-hybridized carbons (Fsp3) is 0.312. The van der Waals surface area contributed by atoms with Crippen molar-refractivity contribution < 1.29 is 9.53 Å². The van der Waals surface area contributed by atoms with Gasteiger partial charge < -0.3 is 10.5 Å². The van der Waals surface area contributed by atoms with Gasteiger partial charge in [0.2, 0.25) is 0 Å². The molecule has 0 aliphatic carbocycles. The number of esters is 1. The monoisotopic (exact) mass is 283 g/mol. The van der Waals surface area contributed by atoms with Crippen molar-refractivity contribution in [3.63, 3.8) is 0 Å². The maximum atomic E-state index is 12.1. The number of nitrogens with zero attached hydrogens (tertiary/aromatic N) is 2. The van der Waals surface area contributed by atoms with E-state index in [1.807, 2.05) is 30.3 Å². The fourth-order valence-corrected chi connectivity index (χ4v) is 2.19. The Morgan fingerprint density at radius 2 is 2.14 bits per heavy atom. The maximum absolute atomic E-state index is 12.1. The van der Waals surface area contributed by atoms with Gasteiger partial charge in [-0.25, -0.2) is 4.79 Å². The molecule has 21 heavy (non-hydrogen) atoms. The maximum Gasteiger partial charge on any atom is 0.332 e. The van der Waals surface area contributed by atoms with Gasteiger partial charge in [0.1, 0.15) is 6.07 Å². The van der Waals surface area contributed by atoms with Crippen LogP contribution < -0.4 is 5.73 Å². The van der Waals surface area contributed by atoms with Gasteiger partial charge in [-0.05, 0) is 19.9 Å². The fourth-order valence-electron chi connectivity index (χ4n) is 2.19. The highest BCUT2D eigenvalue weighted by Gasteiger charge is 2.43. The number of allylic oxidation sites excluding steroid dienone is 1. The van der Waals surface area contributed by atoms with Crippen LogP contribution in [-0.2, 0) is 9.53 Å². The van der Waals surface area contributed by atoms with Gasteiger partial charge in [-0.2, -0.15) is 5.26 Å². The van der Waals surface area contributed by atoms with Crippen LogP contribution >= 0.6 is 0 Å². The average molecular weight is 283 g/mol. The molecule has 1 aliphatic heterocycles. The van der Waals surface area contributed by atoms with Gasteiger partial charge in [0.25, 0.3) is 0 Å². The van der Waals surface area contributed by atoms with Crippen LogP contribution in [0.15, 0.2) is 47.0 Å². The number of dihydropyridines is 1. The Labute approximate surface area is 123 Å². The van der Waals surface area contributed by atoms with E-state index in [0.717, 1.165) is 5.56 Å². The molecule has 0 bridgehead atoms. The van der Waals surface area contributed by atoms with Gasteiger partial charge in [0.05, 0.1) is 23.9 Å². The highest BCUT2D eigenvalue weighted by Crippen LogP contribution is 2.25. The standard InChI is InChI=1S/C16H17N3O2/c1-3-21-15(20)16(18)9-13(10-17)14(19-11(16)2)12-7-5-4-6-8-12/h4-9,11H,3,18H2,1-2H3. The number of carbonyl (C=O) groups is 1. The van der Waals surface area contributed by atoms with E-state index < -0.39 is 17.6 Å². The first-order valence-electron chi connectivity index (χ1n) is 6.75. The molecular weight excluding hydrogens is 266 g/mol. The highest BCUT2D eigenvalue weighted by molar-refractivity contribution is 6.16. The van der Waals surface area contributed by atoms with Crippen LogP contribution in [0.1, 0.15) is 19.4 Å². The van der Waals surface area contributed by atoms with Crippen molar-refractivity contribution in [2.75, 3.05) is 6.61 Å². The average Bonchev–Trinajstić information content (AvgIpc) is 2.50. The summed E-state index contributed by atoms with van der Waals surface area (Å²) in [4.78, 5) is 16.5. The minimum atomic E-state index is -1.40. The number of aliphatic imine (C=N–C) groups is 1. The van der Waals surface area contributed by atoms with Gasteiger partial charge in [0.15, 0.2) is 5.54 Å². The van der Waals surface area contributed by atoms with Crippen LogP contribution in [-0.4, -0.2) is 29.9 Å². The first-order chi connectivity index (χ1) is 10.0. The zero-order valence-corrected chi connectivity index (χ0v) is 12.0. The Balaban J connectivity index is 2.45. The van der Waals surface area contributed by atoms with Gasteiger partial charge in [-0.15, -0.1) is 0 Å². The van der Waals surface area contributed by atoms with Crippen molar-refractivity contribution in [1.82, 2.24) is 0 Å². The first kappa shape index (κ1) is 14.9. The van der Waals surface area contributed by atoms with E-state index in [9.17, 15) is 10.1 Å². The Bertz CT molecular complexity index is 643. The smallest absolute Gasteiger partial charge is 0.332 e. The molecule has 2 N–H and O–H groups in total. The Morgan fingerprint density at radius 3 is 2.71 bits per heavy atom. The molecule has 1 heterocycles. The Hall–Kier alpha value is -2.45. The second-order valence-corrected chi connectivity index (χ2v) is 4.84. The lowest BCUT2D eigenvalue weighted by molar-refractivity contribution is -0.148. The largest absolute Gasteiger partial charge is 0.464 e. The molecule has 0 fully saturated rings. The van der Waals surface area contributed by atoms with Crippen LogP contribution in [0.4, 0.5) is 0 Å². The van der Waals surface area contributed by atoms with Crippen molar-refractivity contribution in [3.05, 3.63) is 47.5 Å². The summed E-state index contributed by atoms with van der Waals surface area (Å²) in [5, 5.41) is 9.35. The number of hydrogen-bond donors (Lipinski definition) is 1. The molecule has 5 heteroatoms. The molecule has 1 aliphatic rings. The lowest BCUT2D eigenvalue weighted by atomic mass is 9.85. The predicted molar refractivity (Wildman–Crippen MR) is 79.7 cm³/mol. The van der Waals surface area contributed by atoms with E-state index in [1.165, 1.54) is 6.08 Å². The Morgan fingerprint density at radius 1 is 1.48 bits per heavy atom. The molecule has 0 saturated heterocycles. The number of hydrogen-bond acceptors (Lipinski definition) is 5. The number of ether oxygens (including phenoxy) is 1. The molecule has 2 unspecified atom stereocenters. The predicted octanol–water partition coefficient (Wildman–Crippen LogP) is 1.59. The van der Waals surface area contributed by atoms with E-state index >= 15 is 0 Å². The van der Waals surface area contributed by atoms with Gasteiger partial charge in [0, 0.05) is 5.56 Å². The molecule has 1 aromatic carbocycles. The molecule has 1 aromatic rings. The number of nitriles is 1. The lowest BCUT2D eigenvalue weighted by Crippen LogP contribution is -2.57. The van der Waals surface area contributed by atoms with E-state index in [-0.39, 0.29) is 12.2 Å². The third kappa shape index (κ3) is 2.71. The second-order valence-electron chi connectivity index (χ2n) is 4.84. The molecule has 5 nitrogen and oxygen atoms in total. The first-order valence-corrected chi connectivity index (χ1v) is 6.75.